The van der Waals surface area contributed by atoms with Crippen molar-refractivity contribution in [2.24, 2.45) is 5.16 Å². The maximum atomic E-state index is 13.4. The monoisotopic (exact) mass is 450 g/mol. The van der Waals surface area contributed by atoms with Gasteiger partial charge in [-0.3, -0.25) is 4.79 Å². The Morgan fingerprint density at radius 2 is 1.47 bits per heavy atom. The quantitative estimate of drug-likeness (QED) is 0.102. The predicted molar refractivity (Wildman–Crippen MR) is 137 cm³/mol. The van der Waals surface area contributed by atoms with Crippen molar-refractivity contribution in [1.29, 1.82) is 0 Å². The van der Waals surface area contributed by atoms with Crippen molar-refractivity contribution in [2.75, 3.05) is 13.2 Å². The predicted octanol–water partition coefficient (Wildman–Crippen LogP) is 6.41. The Morgan fingerprint density at radius 1 is 0.853 bits per heavy atom. The molecule has 5 nitrogen and oxygen atoms in total. The van der Waals surface area contributed by atoms with Crippen LogP contribution < -0.4 is 0 Å². The van der Waals surface area contributed by atoms with Crippen molar-refractivity contribution in [3.8, 4) is 0 Å². The van der Waals surface area contributed by atoms with Gasteiger partial charge < -0.3 is 14.5 Å². The Hall–Kier alpha value is -3.96. The van der Waals surface area contributed by atoms with E-state index in [9.17, 15) is 10.0 Å². The number of ether oxygens (including phenoxy) is 1. The van der Waals surface area contributed by atoms with E-state index >= 15 is 0 Å². The van der Waals surface area contributed by atoms with E-state index in [1.54, 1.807) is 6.92 Å². The lowest BCUT2D eigenvalue weighted by atomic mass is 9.98. The Bertz CT molecular complexity index is 1560. The summed E-state index contributed by atoms with van der Waals surface area (Å²) in [6.45, 7) is 5.73. The van der Waals surface area contributed by atoms with Gasteiger partial charge in [0.05, 0.1) is 12.3 Å². The number of rotatable bonds is 7. The van der Waals surface area contributed by atoms with Crippen LogP contribution in [0.2, 0.25) is 0 Å². The van der Waals surface area contributed by atoms with Crippen molar-refractivity contribution in [3.63, 3.8) is 0 Å². The first kappa shape index (κ1) is 21.9. The summed E-state index contributed by atoms with van der Waals surface area (Å²) in [6, 6.07) is 25.8. The van der Waals surface area contributed by atoms with Crippen LogP contribution in [0.3, 0.4) is 0 Å². The number of hydrogen-bond donors (Lipinski definition) is 1. The number of fused-ring (bicyclic) bond motifs is 4. The number of carbonyl (C=O) groups is 1. The molecule has 0 spiro atoms. The highest BCUT2D eigenvalue weighted by Gasteiger charge is 2.16. The molecular formula is C29H26N2O3. The van der Waals surface area contributed by atoms with Crippen LogP contribution in [0.1, 0.15) is 35.3 Å². The minimum absolute atomic E-state index is 0.00729. The van der Waals surface area contributed by atoms with Crippen LogP contribution in [0.5, 0.6) is 0 Å². The van der Waals surface area contributed by atoms with Crippen LogP contribution in [-0.2, 0) is 11.3 Å². The topological polar surface area (TPSA) is 63.8 Å². The van der Waals surface area contributed by atoms with Crippen molar-refractivity contribution < 1.29 is 14.7 Å². The van der Waals surface area contributed by atoms with E-state index in [-0.39, 0.29) is 5.78 Å². The highest BCUT2D eigenvalue weighted by molar-refractivity contribution is 6.16. The lowest BCUT2D eigenvalue weighted by molar-refractivity contribution is 0.103. The minimum Gasteiger partial charge on any atom is -0.411 e. The summed E-state index contributed by atoms with van der Waals surface area (Å²) in [5.41, 5.74) is 4.79. The number of carbonyl (C=O) groups excluding carboxylic acids is 1. The summed E-state index contributed by atoms with van der Waals surface area (Å²) in [5, 5.41) is 16.8. The Labute approximate surface area is 197 Å². The first-order valence-corrected chi connectivity index (χ1v) is 11.5. The number of hydrogen-bond acceptors (Lipinski definition) is 4. The fourth-order valence-electron chi connectivity index (χ4n) is 4.57. The highest BCUT2D eigenvalue weighted by atomic mass is 16.5. The van der Waals surface area contributed by atoms with E-state index in [2.05, 4.69) is 9.72 Å². The standard InChI is InChI=1S/C29H26N2O3/c1-3-34-15-14-31-27-12-10-21(19(2)30-33)17-25(27)26-18-24(11-13-28(26)31)29(32)23-9-8-20-6-4-5-7-22(20)16-23/h4-13,16-18,33H,3,14-15H2,1-2H3/b30-19+. The second kappa shape index (κ2) is 9.12. The van der Waals surface area contributed by atoms with Gasteiger partial charge in [-0.25, -0.2) is 0 Å². The van der Waals surface area contributed by atoms with E-state index in [0.717, 1.165) is 38.1 Å². The molecule has 0 atom stereocenters. The molecule has 0 aliphatic carbocycles. The lowest BCUT2D eigenvalue weighted by Crippen LogP contribution is -2.06. The minimum atomic E-state index is -0.00729. The molecule has 34 heavy (non-hydrogen) atoms. The van der Waals surface area contributed by atoms with Crippen LogP contribution in [0.4, 0.5) is 0 Å². The summed E-state index contributed by atoms with van der Waals surface area (Å²) in [4.78, 5) is 13.4. The summed E-state index contributed by atoms with van der Waals surface area (Å²) in [5.74, 6) is -0.00729. The molecular weight excluding hydrogens is 424 g/mol. The van der Waals surface area contributed by atoms with E-state index in [1.165, 1.54) is 0 Å². The number of ketones is 1. The van der Waals surface area contributed by atoms with E-state index in [0.29, 0.717) is 36.6 Å². The molecule has 0 saturated carbocycles. The average molecular weight is 451 g/mol. The van der Waals surface area contributed by atoms with Gasteiger partial charge in [-0.1, -0.05) is 47.6 Å². The fourth-order valence-corrected chi connectivity index (χ4v) is 4.57. The van der Waals surface area contributed by atoms with Crippen LogP contribution >= 0.6 is 0 Å². The van der Waals surface area contributed by atoms with Crippen molar-refractivity contribution >= 4 is 44.1 Å². The van der Waals surface area contributed by atoms with Gasteiger partial charge >= 0.3 is 0 Å². The summed E-state index contributed by atoms with van der Waals surface area (Å²) in [6.07, 6.45) is 0. The zero-order valence-corrected chi connectivity index (χ0v) is 19.3. The first-order chi connectivity index (χ1) is 16.6. The van der Waals surface area contributed by atoms with Gasteiger partial charge in [0.2, 0.25) is 0 Å². The van der Waals surface area contributed by atoms with Gasteiger partial charge in [-0.2, -0.15) is 0 Å². The molecule has 0 aliphatic rings. The van der Waals surface area contributed by atoms with Gasteiger partial charge in [0.15, 0.2) is 5.78 Å². The van der Waals surface area contributed by atoms with E-state index in [1.807, 2.05) is 85.8 Å². The molecule has 5 rings (SSSR count). The summed E-state index contributed by atoms with van der Waals surface area (Å²) in [7, 11) is 0. The van der Waals surface area contributed by atoms with Crippen LogP contribution in [0.15, 0.2) is 84.0 Å². The molecule has 1 heterocycles. The third-order valence-corrected chi connectivity index (χ3v) is 6.37. The second-order valence-electron chi connectivity index (χ2n) is 8.39. The Kier molecular flexibility index (Phi) is 5.86. The normalized spacial score (nSPS) is 12.1. The number of nitrogens with zero attached hydrogens (tertiary/aromatic N) is 2. The van der Waals surface area contributed by atoms with Gasteiger partial charge in [0.25, 0.3) is 0 Å². The molecule has 0 bridgehead atoms. The molecule has 5 aromatic rings. The van der Waals surface area contributed by atoms with Gasteiger partial charge in [0.1, 0.15) is 0 Å². The Balaban J connectivity index is 1.65. The zero-order chi connectivity index (χ0) is 23.7. The molecule has 170 valence electrons. The van der Waals surface area contributed by atoms with Gasteiger partial charge in [0, 0.05) is 46.1 Å². The zero-order valence-electron chi connectivity index (χ0n) is 19.3. The molecule has 4 aromatic carbocycles. The molecule has 0 aliphatic heterocycles. The van der Waals surface area contributed by atoms with E-state index in [4.69, 9.17) is 4.74 Å². The average Bonchev–Trinajstić information content (AvgIpc) is 3.19. The largest absolute Gasteiger partial charge is 0.411 e. The smallest absolute Gasteiger partial charge is 0.193 e. The SMILES string of the molecule is CCOCCn1c2ccc(C(=O)c3ccc4ccccc4c3)cc2c2cc(/C(C)=N/O)ccc21. The van der Waals surface area contributed by atoms with Crippen LogP contribution in [0.25, 0.3) is 32.6 Å². The first-order valence-electron chi connectivity index (χ1n) is 11.5. The van der Waals surface area contributed by atoms with Crippen LogP contribution in [0, 0.1) is 0 Å². The van der Waals surface area contributed by atoms with Crippen molar-refractivity contribution in [1.82, 2.24) is 4.57 Å². The molecule has 1 aromatic heterocycles. The summed E-state index contributed by atoms with van der Waals surface area (Å²) < 4.78 is 7.83. The fraction of sp³-hybridized carbons (Fsp3) is 0.172. The van der Waals surface area contributed by atoms with Crippen LogP contribution in [-0.4, -0.2) is 34.5 Å². The van der Waals surface area contributed by atoms with Crippen molar-refractivity contribution in [2.45, 2.75) is 20.4 Å². The maximum absolute atomic E-state index is 13.4. The second-order valence-corrected chi connectivity index (χ2v) is 8.39. The molecule has 5 heteroatoms. The van der Waals surface area contributed by atoms with Crippen molar-refractivity contribution in [3.05, 3.63) is 95.6 Å². The highest BCUT2D eigenvalue weighted by Crippen LogP contribution is 2.32. The molecule has 0 fully saturated rings. The molecule has 0 unspecified atom stereocenters. The number of benzene rings is 4. The summed E-state index contributed by atoms with van der Waals surface area (Å²) >= 11 is 0. The third kappa shape index (κ3) is 3.84. The molecule has 0 amide bonds. The third-order valence-electron chi connectivity index (χ3n) is 6.37. The van der Waals surface area contributed by atoms with E-state index < -0.39 is 0 Å². The number of aromatic nitrogens is 1. The lowest BCUT2D eigenvalue weighted by Gasteiger charge is -2.08. The van der Waals surface area contributed by atoms with Gasteiger partial charge in [-0.05, 0) is 66.6 Å². The molecule has 1 N–H and O–H groups in total. The molecule has 0 radical (unpaired) electrons. The number of oxime groups is 1. The maximum Gasteiger partial charge on any atom is 0.193 e. The Morgan fingerprint density at radius 3 is 2.18 bits per heavy atom. The van der Waals surface area contributed by atoms with Gasteiger partial charge in [-0.15, -0.1) is 0 Å². The molecule has 0 saturated heterocycles.